The zero-order valence-corrected chi connectivity index (χ0v) is 11.4. The lowest BCUT2D eigenvalue weighted by Gasteiger charge is -2.29. The van der Waals surface area contributed by atoms with E-state index >= 15 is 0 Å². The summed E-state index contributed by atoms with van der Waals surface area (Å²) in [6.45, 7) is 3.51. The van der Waals surface area contributed by atoms with Crippen molar-refractivity contribution in [3.05, 3.63) is 10.6 Å². The van der Waals surface area contributed by atoms with Gasteiger partial charge in [-0.25, -0.2) is 0 Å². The van der Waals surface area contributed by atoms with E-state index in [4.69, 9.17) is 11.6 Å². The van der Waals surface area contributed by atoms with Gasteiger partial charge in [-0.1, -0.05) is 17.8 Å². The smallest absolute Gasteiger partial charge is 0.267 e. The number of carbonyl (C=O) groups excluding carboxylic acids is 1. The normalized spacial score (nSPS) is 20.6. The van der Waals surface area contributed by atoms with Crippen LogP contribution in [0.5, 0.6) is 0 Å². The first-order valence-electron chi connectivity index (χ1n) is 5.97. The molecule has 1 aromatic heterocycles. The molecule has 1 aliphatic heterocycles. The van der Waals surface area contributed by atoms with E-state index in [-0.39, 0.29) is 11.3 Å². The van der Waals surface area contributed by atoms with Crippen molar-refractivity contribution in [2.75, 3.05) is 13.1 Å². The monoisotopic (exact) mass is 273 g/mol. The number of amides is 1. The summed E-state index contributed by atoms with van der Waals surface area (Å²) < 4.78 is 3.89. The van der Waals surface area contributed by atoms with Gasteiger partial charge >= 0.3 is 0 Å². The van der Waals surface area contributed by atoms with Gasteiger partial charge in [0, 0.05) is 13.1 Å². The molecule has 1 atom stereocenters. The molecule has 0 N–H and O–H groups in total. The quantitative estimate of drug-likeness (QED) is 0.794. The average Bonchev–Trinajstić information content (AvgIpc) is 2.77. The zero-order valence-electron chi connectivity index (χ0n) is 9.86. The molecule has 2 heterocycles. The van der Waals surface area contributed by atoms with Gasteiger partial charge in [-0.15, -0.1) is 16.7 Å². The SMILES string of the molecule is CCCc1nnsc1C(=O)N1CCCC(Cl)C1. The van der Waals surface area contributed by atoms with Crippen LogP contribution in [0.15, 0.2) is 0 Å². The first-order chi connectivity index (χ1) is 8.22. The highest BCUT2D eigenvalue weighted by Gasteiger charge is 2.26. The number of nitrogens with zero attached hydrogens (tertiary/aromatic N) is 3. The van der Waals surface area contributed by atoms with Gasteiger partial charge in [0.25, 0.3) is 5.91 Å². The highest BCUT2D eigenvalue weighted by molar-refractivity contribution is 7.08. The fraction of sp³-hybridized carbons (Fsp3) is 0.727. The Balaban J connectivity index is 2.10. The predicted molar refractivity (Wildman–Crippen MR) is 68.7 cm³/mol. The van der Waals surface area contributed by atoms with Crippen LogP contribution in [0.3, 0.4) is 0 Å². The van der Waals surface area contributed by atoms with Gasteiger partial charge in [0.05, 0.1) is 11.1 Å². The number of rotatable bonds is 3. The average molecular weight is 274 g/mol. The number of aromatic nitrogens is 2. The molecular formula is C11H16ClN3OS. The van der Waals surface area contributed by atoms with Crippen molar-refractivity contribution in [2.24, 2.45) is 0 Å². The maximum atomic E-state index is 12.3. The molecule has 2 rings (SSSR count). The van der Waals surface area contributed by atoms with Crippen LogP contribution < -0.4 is 0 Å². The minimum atomic E-state index is 0.0498. The van der Waals surface area contributed by atoms with Crippen molar-refractivity contribution in [3.63, 3.8) is 0 Å². The summed E-state index contributed by atoms with van der Waals surface area (Å²) in [5, 5.41) is 4.12. The highest BCUT2D eigenvalue weighted by Crippen LogP contribution is 2.20. The van der Waals surface area contributed by atoms with E-state index in [1.165, 1.54) is 11.5 Å². The number of piperidine rings is 1. The third-order valence-corrected chi connectivity index (χ3v) is 4.00. The Morgan fingerprint density at radius 1 is 1.65 bits per heavy atom. The number of carbonyl (C=O) groups is 1. The molecule has 6 heteroatoms. The first-order valence-corrected chi connectivity index (χ1v) is 7.18. The Labute approximate surface area is 110 Å². The number of alkyl halides is 1. The minimum Gasteiger partial charge on any atom is -0.336 e. The van der Waals surface area contributed by atoms with Crippen molar-refractivity contribution in [1.82, 2.24) is 14.5 Å². The molecular weight excluding hydrogens is 258 g/mol. The van der Waals surface area contributed by atoms with Crippen molar-refractivity contribution < 1.29 is 4.79 Å². The van der Waals surface area contributed by atoms with Crippen molar-refractivity contribution in [2.45, 2.75) is 38.0 Å². The van der Waals surface area contributed by atoms with Crippen molar-refractivity contribution >= 4 is 29.0 Å². The summed E-state index contributed by atoms with van der Waals surface area (Å²) in [4.78, 5) is 14.8. The summed E-state index contributed by atoms with van der Waals surface area (Å²) in [7, 11) is 0. The lowest BCUT2D eigenvalue weighted by atomic mass is 10.1. The number of hydrogen-bond donors (Lipinski definition) is 0. The van der Waals surface area contributed by atoms with E-state index in [1.807, 2.05) is 4.90 Å². The van der Waals surface area contributed by atoms with Crippen molar-refractivity contribution in [1.29, 1.82) is 0 Å². The fourth-order valence-corrected chi connectivity index (χ4v) is 3.02. The molecule has 1 amide bonds. The fourth-order valence-electron chi connectivity index (χ4n) is 2.02. The maximum absolute atomic E-state index is 12.3. The molecule has 0 bridgehead atoms. The Bertz CT molecular complexity index is 396. The molecule has 1 saturated heterocycles. The molecule has 0 spiro atoms. The first kappa shape index (κ1) is 12.8. The van der Waals surface area contributed by atoms with Gasteiger partial charge in [-0.05, 0) is 30.8 Å². The number of hydrogen-bond acceptors (Lipinski definition) is 4. The standard InChI is InChI=1S/C11H16ClN3OS/c1-2-4-9-10(17-14-13-9)11(16)15-6-3-5-8(12)7-15/h8H,2-7H2,1H3. The van der Waals surface area contributed by atoms with Gasteiger partial charge in [-0.3, -0.25) is 4.79 Å². The van der Waals surface area contributed by atoms with Crippen molar-refractivity contribution in [3.8, 4) is 0 Å². The molecule has 17 heavy (non-hydrogen) atoms. The second-order valence-corrected chi connectivity index (χ2v) is 5.66. The molecule has 1 unspecified atom stereocenters. The van der Waals surface area contributed by atoms with Crippen LogP contribution >= 0.6 is 23.1 Å². The largest absolute Gasteiger partial charge is 0.336 e. The summed E-state index contributed by atoms with van der Waals surface area (Å²) >= 11 is 7.29. The Kier molecular flexibility index (Phi) is 4.34. The van der Waals surface area contributed by atoms with Crippen LogP contribution in [-0.4, -0.2) is 38.9 Å². The summed E-state index contributed by atoms with van der Waals surface area (Å²) in [6.07, 6.45) is 3.77. The molecule has 4 nitrogen and oxygen atoms in total. The van der Waals surface area contributed by atoms with Gasteiger partial charge < -0.3 is 4.90 Å². The number of aryl methyl sites for hydroxylation is 1. The summed E-state index contributed by atoms with van der Waals surface area (Å²) in [6, 6.07) is 0. The minimum absolute atomic E-state index is 0.0498. The van der Waals surface area contributed by atoms with Gasteiger partial charge in [0.15, 0.2) is 0 Å². The second-order valence-electron chi connectivity index (χ2n) is 4.29. The Morgan fingerprint density at radius 3 is 3.18 bits per heavy atom. The molecule has 1 fully saturated rings. The molecule has 0 saturated carbocycles. The van der Waals surface area contributed by atoms with E-state index in [0.29, 0.717) is 11.4 Å². The van der Waals surface area contributed by atoms with E-state index in [1.54, 1.807) is 0 Å². The topological polar surface area (TPSA) is 46.1 Å². The maximum Gasteiger partial charge on any atom is 0.267 e. The third kappa shape index (κ3) is 2.96. The van der Waals surface area contributed by atoms with Crippen LogP contribution in [0.25, 0.3) is 0 Å². The number of likely N-dealkylation sites (tertiary alicyclic amines) is 1. The number of halogens is 1. The van der Waals surface area contributed by atoms with Gasteiger partial charge in [-0.2, -0.15) is 0 Å². The van der Waals surface area contributed by atoms with Crippen LogP contribution in [0, 0.1) is 0 Å². The second kappa shape index (κ2) is 5.78. The lowest BCUT2D eigenvalue weighted by Crippen LogP contribution is -2.40. The summed E-state index contributed by atoms with van der Waals surface area (Å²) in [5.41, 5.74) is 0.833. The van der Waals surface area contributed by atoms with Gasteiger partial charge in [0.1, 0.15) is 4.88 Å². The molecule has 0 aromatic carbocycles. The molecule has 1 aliphatic rings. The van der Waals surface area contributed by atoms with E-state index in [0.717, 1.165) is 37.9 Å². The highest BCUT2D eigenvalue weighted by atomic mass is 35.5. The van der Waals surface area contributed by atoms with Crippen LogP contribution in [0.4, 0.5) is 0 Å². The molecule has 0 aliphatic carbocycles. The van der Waals surface area contributed by atoms with E-state index in [2.05, 4.69) is 16.5 Å². The molecule has 94 valence electrons. The lowest BCUT2D eigenvalue weighted by molar-refractivity contribution is 0.0730. The van der Waals surface area contributed by atoms with Crippen LogP contribution in [0.1, 0.15) is 41.6 Å². The Hall–Kier alpha value is -0.680. The predicted octanol–water partition coefficient (Wildman–Crippen LogP) is 2.33. The van der Waals surface area contributed by atoms with Gasteiger partial charge in [0.2, 0.25) is 0 Å². The van der Waals surface area contributed by atoms with Crippen LogP contribution in [0.2, 0.25) is 0 Å². The molecule has 1 aromatic rings. The Morgan fingerprint density at radius 2 is 2.47 bits per heavy atom. The third-order valence-electron chi connectivity index (χ3n) is 2.89. The molecule has 0 radical (unpaired) electrons. The van der Waals surface area contributed by atoms with Crippen LogP contribution in [-0.2, 0) is 6.42 Å². The zero-order chi connectivity index (χ0) is 12.3. The van der Waals surface area contributed by atoms with E-state index < -0.39 is 0 Å². The summed E-state index contributed by atoms with van der Waals surface area (Å²) in [5.74, 6) is 0.0498. The van der Waals surface area contributed by atoms with E-state index in [9.17, 15) is 4.79 Å².